The lowest BCUT2D eigenvalue weighted by Crippen LogP contribution is -1.69. The van der Waals surface area contributed by atoms with Crippen molar-refractivity contribution in [2.75, 3.05) is 13.4 Å². The Hall–Kier alpha value is 0.250. The Labute approximate surface area is 31.8 Å². The summed E-state index contributed by atoms with van der Waals surface area (Å²) in [4.78, 5) is 0. The third kappa shape index (κ3) is 56.3. The molecule has 0 radical (unpaired) electrons. The van der Waals surface area contributed by atoms with E-state index in [1.54, 1.807) is 0 Å². The molecule has 0 saturated carbocycles. The number of hydrogen-bond acceptors (Lipinski definition) is 1. The summed E-state index contributed by atoms with van der Waals surface area (Å²) in [6.07, 6.45) is 1.47. The molecule has 0 aliphatic rings. The van der Waals surface area contributed by atoms with E-state index < -0.39 is 0 Å². The molecule has 0 rings (SSSR count). The van der Waals surface area contributed by atoms with Gasteiger partial charge >= 0.3 is 0 Å². The van der Waals surface area contributed by atoms with Crippen LogP contribution in [-0.2, 0) is 0 Å². The van der Waals surface area contributed by atoms with Crippen LogP contribution in [0.2, 0.25) is 0 Å². The number of alkyl halides is 1. The van der Waals surface area contributed by atoms with Gasteiger partial charge in [0.1, 0.15) is 0 Å². The Bertz CT molecular complexity index is 6.00. The molecule has 2 N–H and O–H groups in total. The van der Waals surface area contributed by atoms with Crippen molar-refractivity contribution in [3.63, 3.8) is 0 Å². The Morgan fingerprint density at radius 2 is 1.25 bits per heavy atom. The lowest BCUT2D eigenvalue weighted by Gasteiger charge is -1.19. The maximum Gasteiger partial charge on any atom is 0.0108 e. The van der Waals surface area contributed by atoms with Gasteiger partial charge in [-0.05, 0) is 7.05 Å². The SMILES string of the molecule is CCl.CN. The van der Waals surface area contributed by atoms with E-state index in [-0.39, 0.29) is 0 Å². The van der Waals surface area contributed by atoms with E-state index in [9.17, 15) is 0 Å². The monoisotopic (exact) mass is 81.0 g/mol. The minimum Gasteiger partial charge on any atom is -0.333 e. The second-order valence-corrected chi connectivity index (χ2v) is 0. The van der Waals surface area contributed by atoms with Gasteiger partial charge in [-0.1, -0.05) is 0 Å². The third-order valence-electron chi connectivity index (χ3n) is 0. The predicted octanol–water partition coefficient (Wildman–Crippen LogP) is 0.430. The molecule has 0 aliphatic heterocycles. The van der Waals surface area contributed by atoms with Gasteiger partial charge in [0, 0.05) is 6.38 Å². The summed E-state index contributed by atoms with van der Waals surface area (Å²) in [5.41, 5.74) is 4.50. The van der Waals surface area contributed by atoms with Gasteiger partial charge in [-0.2, -0.15) is 0 Å². The highest BCUT2D eigenvalue weighted by molar-refractivity contribution is 6.15. The smallest absolute Gasteiger partial charge is 0.0108 e. The molecule has 0 spiro atoms. The lowest BCUT2D eigenvalue weighted by molar-refractivity contribution is 1.48. The van der Waals surface area contributed by atoms with Crippen molar-refractivity contribution in [3.8, 4) is 0 Å². The average molecular weight is 81.5 g/mol. The van der Waals surface area contributed by atoms with Crippen LogP contribution in [0.4, 0.5) is 0 Å². The summed E-state index contributed by atoms with van der Waals surface area (Å²) in [5.74, 6) is 0. The van der Waals surface area contributed by atoms with Crippen LogP contribution in [0.25, 0.3) is 0 Å². The van der Waals surface area contributed by atoms with Crippen molar-refractivity contribution in [3.05, 3.63) is 0 Å². The molecule has 4 heavy (non-hydrogen) atoms. The summed E-state index contributed by atoms with van der Waals surface area (Å²) in [6.45, 7) is 0. The summed E-state index contributed by atoms with van der Waals surface area (Å²) in [7, 11) is 1.50. The van der Waals surface area contributed by atoms with Crippen molar-refractivity contribution in [2.24, 2.45) is 5.73 Å². The second kappa shape index (κ2) is 263. The van der Waals surface area contributed by atoms with Crippen LogP contribution in [0.1, 0.15) is 0 Å². The maximum absolute atomic E-state index is 4.64. The molecule has 0 unspecified atom stereocenters. The molecule has 1 nitrogen and oxygen atoms in total. The van der Waals surface area contributed by atoms with E-state index in [0.717, 1.165) is 0 Å². The molecule has 0 heterocycles. The van der Waals surface area contributed by atoms with Gasteiger partial charge in [0.2, 0.25) is 0 Å². The lowest BCUT2D eigenvalue weighted by atomic mass is 11.6. The standard InChI is InChI=1S/CH3Cl.CH5N/c2*1-2/h1H3;2H2,1H3. The van der Waals surface area contributed by atoms with Gasteiger partial charge in [-0.3, -0.25) is 0 Å². The zero-order valence-electron chi connectivity index (χ0n) is 2.96. The highest BCUT2D eigenvalue weighted by Crippen LogP contribution is 1.34. The predicted molar refractivity (Wildman–Crippen MR) is 21.9 cm³/mol. The number of rotatable bonds is 0. The summed E-state index contributed by atoms with van der Waals surface area (Å²) in [5, 5.41) is 0. The molecule has 0 bridgehead atoms. The molecular formula is C2H8ClN. The van der Waals surface area contributed by atoms with Gasteiger partial charge in [0.15, 0.2) is 0 Å². The minimum atomic E-state index is 1.47. The molecule has 0 fully saturated rings. The fourth-order valence-electron chi connectivity index (χ4n) is 0. The number of halogens is 1. The molecule has 0 aromatic heterocycles. The first-order chi connectivity index (χ1) is 2.00. The summed E-state index contributed by atoms with van der Waals surface area (Å²) >= 11 is 4.64. The van der Waals surface area contributed by atoms with Crippen LogP contribution in [0.5, 0.6) is 0 Å². The molecule has 0 aromatic carbocycles. The molecule has 0 amide bonds. The van der Waals surface area contributed by atoms with Crippen molar-refractivity contribution >= 4 is 11.6 Å². The summed E-state index contributed by atoms with van der Waals surface area (Å²) in [6, 6.07) is 0. The van der Waals surface area contributed by atoms with E-state index >= 15 is 0 Å². The topological polar surface area (TPSA) is 26.0 Å². The Balaban J connectivity index is 0. The molecule has 0 aliphatic carbocycles. The maximum atomic E-state index is 4.64. The van der Waals surface area contributed by atoms with Crippen LogP contribution in [0.3, 0.4) is 0 Å². The Kier molecular flexibility index (Phi) is 584. The molecule has 0 atom stereocenters. The van der Waals surface area contributed by atoms with Gasteiger partial charge in [-0.15, -0.1) is 11.6 Å². The molecule has 0 saturated heterocycles. The largest absolute Gasteiger partial charge is 0.333 e. The minimum absolute atomic E-state index is 1.47. The second-order valence-electron chi connectivity index (χ2n) is 0. The highest BCUT2D eigenvalue weighted by Gasteiger charge is 0.943. The molecule has 28 valence electrons. The zero-order chi connectivity index (χ0) is 4.00. The van der Waals surface area contributed by atoms with E-state index in [0.29, 0.717) is 0 Å². The average Bonchev–Trinajstić information content (AvgIpc) is 1.50. The van der Waals surface area contributed by atoms with Gasteiger partial charge in [0.25, 0.3) is 0 Å². The first-order valence-electron chi connectivity index (χ1n) is 0.955. The van der Waals surface area contributed by atoms with Crippen LogP contribution in [0, 0.1) is 0 Å². The first kappa shape index (κ1) is 8.87. The van der Waals surface area contributed by atoms with E-state index in [1.807, 2.05) is 0 Å². The Morgan fingerprint density at radius 1 is 1.25 bits per heavy atom. The molecular weight excluding hydrogens is 73.5 g/mol. The van der Waals surface area contributed by atoms with Crippen LogP contribution in [-0.4, -0.2) is 13.4 Å². The van der Waals surface area contributed by atoms with Gasteiger partial charge < -0.3 is 5.73 Å². The van der Waals surface area contributed by atoms with E-state index in [4.69, 9.17) is 0 Å². The zero-order valence-corrected chi connectivity index (χ0v) is 3.71. The first-order valence-corrected chi connectivity index (χ1v) is 1.71. The molecule has 2 heteroatoms. The highest BCUT2D eigenvalue weighted by atomic mass is 35.5. The van der Waals surface area contributed by atoms with Crippen LogP contribution >= 0.6 is 11.6 Å². The summed E-state index contributed by atoms with van der Waals surface area (Å²) < 4.78 is 0. The quantitative estimate of drug-likeness (QED) is 0.421. The van der Waals surface area contributed by atoms with Crippen molar-refractivity contribution in [1.82, 2.24) is 0 Å². The van der Waals surface area contributed by atoms with Gasteiger partial charge in [-0.25, -0.2) is 0 Å². The Morgan fingerprint density at radius 3 is 1.25 bits per heavy atom. The number of hydrogen-bond donors (Lipinski definition) is 1. The third-order valence-corrected chi connectivity index (χ3v) is 0. The van der Waals surface area contributed by atoms with Crippen LogP contribution in [0.15, 0.2) is 0 Å². The van der Waals surface area contributed by atoms with E-state index in [2.05, 4.69) is 17.3 Å². The number of nitrogens with two attached hydrogens (primary N) is 1. The van der Waals surface area contributed by atoms with Crippen LogP contribution < -0.4 is 5.73 Å². The normalized spacial score (nSPS) is 3.00. The fraction of sp³-hybridized carbons (Fsp3) is 1.00. The fourth-order valence-corrected chi connectivity index (χ4v) is 0. The van der Waals surface area contributed by atoms with Crippen molar-refractivity contribution in [2.45, 2.75) is 0 Å². The van der Waals surface area contributed by atoms with E-state index in [1.165, 1.54) is 13.4 Å². The van der Waals surface area contributed by atoms with Crippen molar-refractivity contribution in [1.29, 1.82) is 0 Å². The van der Waals surface area contributed by atoms with Crippen molar-refractivity contribution < 1.29 is 0 Å². The molecule has 0 aromatic rings. The van der Waals surface area contributed by atoms with Gasteiger partial charge in [0.05, 0.1) is 0 Å².